The monoisotopic (exact) mass is 159 g/mol. The van der Waals surface area contributed by atoms with Gasteiger partial charge in [-0.05, 0) is 13.3 Å². The fraction of sp³-hybridized carbons (Fsp3) is 0.571. The standard InChI is InChI=1S/C7H13NO3/c1-5(7(8)11)3-2-4-6(9)10/h3,6,9-10H,2,4H2,1H3,(H2,8,11). The van der Waals surface area contributed by atoms with Gasteiger partial charge in [-0.15, -0.1) is 0 Å². The third-order valence-electron chi connectivity index (χ3n) is 1.26. The average molecular weight is 159 g/mol. The van der Waals surface area contributed by atoms with Crippen molar-refractivity contribution in [3.8, 4) is 0 Å². The first-order chi connectivity index (χ1) is 5.04. The summed E-state index contributed by atoms with van der Waals surface area (Å²) in [7, 11) is 0. The number of nitrogens with two attached hydrogens (primary N) is 1. The Morgan fingerprint density at radius 2 is 2.18 bits per heavy atom. The summed E-state index contributed by atoms with van der Waals surface area (Å²) >= 11 is 0. The van der Waals surface area contributed by atoms with Crippen molar-refractivity contribution in [1.29, 1.82) is 0 Å². The molecule has 0 rings (SSSR count). The van der Waals surface area contributed by atoms with Gasteiger partial charge >= 0.3 is 0 Å². The van der Waals surface area contributed by atoms with Gasteiger partial charge in [-0.25, -0.2) is 0 Å². The molecule has 4 N–H and O–H groups in total. The Balaban J connectivity index is 3.65. The third-order valence-corrected chi connectivity index (χ3v) is 1.26. The van der Waals surface area contributed by atoms with Crippen LogP contribution in [0.2, 0.25) is 0 Å². The SMILES string of the molecule is CC(=CCCC(O)O)C(N)=O. The molecule has 0 heterocycles. The van der Waals surface area contributed by atoms with Crippen LogP contribution in [0.25, 0.3) is 0 Å². The van der Waals surface area contributed by atoms with Gasteiger partial charge < -0.3 is 15.9 Å². The number of aliphatic hydroxyl groups is 2. The summed E-state index contributed by atoms with van der Waals surface area (Å²) in [6, 6.07) is 0. The fourth-order valence-corrected chi connectivity index (χ4v) is 0.550. The molecule has 0 aromatic heterocycles. The van der Waals surface area contributed by atoms with Crippen molar-refractivity contribution in [2.75, 3.05) is 0 Å². The lowest BCUT2D eigenvalue weighted by Crippen LogP contribution is -2.11. The molecule has 0 fully saturated rings. The van der Waals surface area contributed by atoms with Crippen LogP contribution >= 0.6 is 0 Å². The van der Waals surface area contributed by atoms with E-state index < -0.39 is 12.2 Å². The summed E-state index contributed by atoms with van der Waals surface area (Å²) in [4.78, 5) is 10.4. The number of allylic oxidation sites excluding steroid dienone is 1. The van der Waals surface area contributed by atoms with Crippen LogP contribution in [0, 0.1) is 0 Å². The Bertz CT molecular complexity index is 163. The predicted molar refractivity (Wildman–Crippen MR) is 40.4 cm³/mol. The van der Waals surface area contributed by atoms with E-state index in [1.165, 1.54) is 0 Å². The lowest BCUT2D eigenvalue weighted by Gasteiger charge is -1.99. The molecule has 0 saturated heterocycles. The van der Waals surface area contributed by atoms with Crippen LogP contribution in [0.1, 0.15) is 19.8 Å². The predicted octanol–water partition coefficient (Wildman–Crippen LogP) is -0.491. The lowest BCUT2D eigenvalue weighted by atomic mass is 10.2. The van der Waals surface area contributed by atoms with Crippen molar-refractivity contribution >= 4 is 5.91 Å². The molecule has 0 aromatic carbocycles. The number of amides is 1. The van der Waals surface area contributed by atoms with E-state index >= 15 is 0 Å². The lowest BCUT2D eigenvalue weighted by molar-refractivity contribution is -0.114. The fourth-order valence-electron chi connectivity index (χ4n) is 0.550. The number of rotatable bonds is 4. The molecule has 0 saturated carbocycles. The quantitative estimate of drug-likeness (QED) is 0.382. The van der Waals surface area contributed by atoms with Crippen LogP contribution in [0.15, 0.2) is 11.6 Å². The van der Waals surface area contributed by atoms with Gasteiger partial charge in [0.2, 0.25) is 5.91 Å². The normalized spacial score (nSPS) is 12.2. The number of primary amides is 1. The van der Waals surface area contributed by atoms with Crippen molar-refractivity contribution in [3.05, 3.63) is 11.6 Å². The van der Waals surface area contributed by atoms with Crippen LogP contribution in [-0.2, 0) is 4.79 Å². The molecule has 0 atom stereocenters. The van der Waals surface area contributed by atoms with Crippen molar-refractivity contribution in [2.24, 2.45) is 5.73 Å². The highest BCUT2D eigenvalue weighted by atomic mass is 16.5. The van der Waals surface area contributed by atoms with Crippen LogP contribution in [0.3, 0.4) is 0 Å². The first-order valence-corrected chi connectivity index (χ1v) is 3.36. The second kappa shape index (κ2) is 4.87. The van der Waals surface area contributed by atoms with Gasteiger partial charge in [0, 0.05) is 12.0 Å². The molecule has 0 aliphatic rings. The molecule has 1 amide bonds. The van der Waals surface area contributed by atoms with Crippen LogP contribution in [-0.4, -0.2) is 22.4 Å². The third kappa shape index (κ3) is 5.57. The molecule has 0 aliphatic heterocycles. The smallest absolute Gasteiger partial charge is 0.244 e. The van der Waals surface area contributed by atoms with Gasteiger partial charge in [0.25, 0.3) is 0 Å². The Hall–Kier alpha value is -0.870. The minimum atomic E-state index is -1.31. The Morgan fingerprint density at radius 1 is 1.64 bits per heavy atom. The van der Waals surface area contributed by atoms with E-state index in [9.17, 15) is 4.79 Å². The molecule has 4 nitrogen and oxygen atoms in total. The minimum Gasteiger partial charge on any atom is -0.368 e. The first-order valence-electron chi connectivity index (χ1n) is 3.36. The highest BCUT2D eigenvalue weighted by molar-refractivity contribution is 5.91. The molecule has 0 spiro atoms. The van der Waals surface area contributed by atoms with Crippen molar-refractivity contribution in [1.82, 2.24) is 0 Å². The highest BCUT2D eigenvalue weighted by Crippen LogP contribution is 1.99. The maximum absolute atomic E-state index is 10.4. The summed E-state index contributed by atoms with van der Waals surface area (Å²) in [5.74, 6) is -0.475. The molecule has 0 radical (unpaired) electrons. The number of carbonyl (C=O) groups is 1. The van der Waals surface area contributed by atoms with Crippen LogP contribution in [0.4, 0.5) is 0 Å². The van der Waals surface area contributed by atoms with Gasteiger partial charge in [-0.1, -0.05) is 6.08 Å². The van der Waals surface area contributed by atoms with Gasteiger partial charge in [-0.3, -0.25) is 4.79 Å². The van der Waals surface area contributed by atoms with Crippen LogP contribution in [0.5, 0.6) is 0 Å². The summed E-state index contributed by atoms with van der Waals surface area (Å²) in [6.45, 7) is 1.59. The maximum atomic E-state index is 10.4. The average Bonchev–Trinajstić information content (AvgIpc) is 1.86. The number of hydrogen-bond donors (Lipinski definition) is 3. The summed E-state index contributed by atoms with van der Waals surface area (Å²) in [5.41, 5.74) is 5.37. The van der Waals surface area contributed by atoms with E-state index in [0.29, 0.717) is 12.0 Å². The molecule has 4 heteroatoms. The second-order valence-corrected chi connectivity index (χ2v) is 2.31. The second-order valence-electron chi connectivity index (χ2n) is 2.31. The maximum Gasteiger partial charge on any atom is 0.244 e. The zero-order valence-corrected chi connectivity index (χ0v) is 6.45. The molecule has 0 unspecified atom stereocenters. The molecular formula is C7H13NO3. The van der Waals surface area contributed by atoms with Gasteiger partial charge in [0.1, 0.15) is 0 Å². The van der Waals surface area contributed by atoms with E-state index in [1.54, 1.807) is 13.0 Å². The first kappa shape index (κ1) is 10.1. The number of hydrogen-bond acceptors (Lipinski definition) is 3. The molecule has 0 aliphatic carbocycles. The van der Waals surface area contributed by atoms with E-state index in [0.717, 1.165) is 0 Å². The van der Waals surface area contributed by atoms with E-state index in [1.807, 2.05) is 0 Å². The molecule has 0 bridgehead atoms. The van der Waals surface area contributed by atoms with Crippen molar-refractivity contribution < 1.29 is 15.0 Å². The molecule has 0 aromatic rings. The number of aliphatic hydroxyl groups excluding tert-OH is 1. The van der Waals surface area contributed by atoms with Gasteiger partial charge in [-0.2, -0.15) is 0 Å². The Kier molecular flexibility index (Phi) is 4.49. The zero-order valence-electron chi connectivity index (χ0n) is 6.45. The van der Waals surface area contributed by atoms with Crippen LogP contribution < -0.4 is 5.73 Å². The highest BCUT2D eigenvalue weighted by Gasteiger charge is 1.97. The summed E-state index contributed by atoms with van der Waals surface area (Å²) < 4.78 is 0. The topological polar surface area (TPSA) is 83.6 Å². The molecular weight excluding hydrogens is 146 g/mol. The Morgan fingerprint density at radius 3 is 2.55 bits per heavy atom. The van der Waals surface area contributed by atoms with E-state index in [4.69, 9.17) is 15.9 Å². The van der Waals surface area contributed by atoms with Gasteiger partial charge in [0.05, 0.1) is 0 Å². The largest absolute Gasteiger partial charge is 0.368 e. The van der Waals surface area contributed by atoms with E-state index in [2.05, 4.69) is 0 Å². The Labute approximate surface area is 65.3 Å². The minimum absolute atomic E-state index is 0.227. The van der Waals surface area contributed by atoms with Gasteiger partial charge in [0.15, 0.2) is 6.29 Å². The zero-order chi connectivity index (χ0) is 8.85. The summed E-state index contributed by atoms with van der Waals surface area (Å²) in [5, 5.41) is 16.8. The van der Waals surface area contributed by atoms with Crippen molar-refractivity contribution in [3.63, 3.8) is 0 Å². The molecule has 64 valence electrons. The summed E-state index contributed by atoms with van der Waals surface area (Å²) in [6.07, 6.45) is 0.950. The van der Waals surface area contributed by atoms with Crippen molar-refractivity contribution in [2.45, 2.75) is 26.1 Å². The number of carbonyl (C=O) groups excluding carboxylic acids is 1. The van der Waals surface area contributed by atoms with E-state index in [-0.39, 0.29) is 6.42 Å². The molecule has 11 heavy (non-hydrogen) atoms.